The van der Waals surface area contributed by atoms with E-state index in [1.807, 2.05) is 0 Å². The number of nitrogens with two attached hydrogens (primary N) is 1. The van der Waals surface area contributed by atoms with Crippen LogP contribution in [0.15, 0.2) is 0 Å². The zero-order valence-electron chi connectivity index (χ0n) is 45.9. The molecular formula is C58H114NO10P. The predicted molar refractivity (Wildman–Crippen MR) is 291 cm³/mol. The van der Waals surface area contributed by atoms with E-state index in [1.54, 1.807) is 0 Å². The van der Waals surface area contributed by atoms with E-state index >= 15 is 0 Å². The SMILES string of the molecule is CCCCCCCCCCCCCCCCCCCCCCCCCC(=O)OCC(COP(=O)(O)OCC(N)C(=O)O)OC(=O)CCCCCCCCCCCCCCCCCCCCCCCCC. The lowest BCUT2D eigenvalue weighted by Gasteiger charge is -2.20. The van der Waals surface area contributed by atoms with E-state index in [4.69, 9.17) is 29.4 Å². The Bertz CT molecular complexity index is 1190. The van der Waals surface area contributed by atoms with Crippen LogP contribution in [-0.2, 0) is 37.5 Å². The number of aliphatic carboxylic acids is 1. The highest BCUT2D eigenvalue weighted by Gasteiger charge is 2.28. The third-order valence-corrected chi connectivity index (χ3v) is 14.8. The number of phosphoric acid groups is 1. The van der Waals surface area contributed by atoms with Crippen molar-refractivity contribution in [2.24, 2.45) is 5.73 Å². The molecule has 11 nitrogen and oxygen atoms in total. The first-order valence-electron chi connectivity index (χ1n) is 30.1. The number of hydrogen-bond donors (Lipinski definition) is 3. The van der Waals surface area contributed by atoms with Crippen molar-refractivity contribution in [2.45, 2.75) is 334 Å². The average Bonchev–Trinajstić information content (AvgIpc) is 3.34. The second kappa shape index (κ2) is 53.8. The highest BCUT2D eigenvalue weighted by molar-refractivity contribution is 7.47. The van der Waals surface area contributed by atoms with Crippen molar-refractivity contribution in [1.29, 1.82) is 0 Å². The molecule has 3 unspecified atom stereocenters. The third kappa shape index (κ3) is 52.8. The van der Waals surface area contributed by atoms with Gasteiger partial charge in [-0.1, -0.05) is 296 Å². The van der Waals surface area contributed by atoms with Crippen LogP contribution < -0.4 is 5.73 Å². The molecule has 70 heavy (non-hydrogen) atoms. The van der Waals surface area contributed by atoms with Crippen molar-refractivity contribution < 1.29 is 47.5 Å². The Hall–Kier alpha value is -1.52. The highest BCUT2D eigenvalue weighted by atomic mass is 31.2. The van der Waals surface area contributed by atoms with E-state index < -0.39 is 51.1 Å². The van der Waals surface area contributed by atoms with E-state index in [9.17, 15) is 23.8 Å². The average molecular weight is 1020 g/mol. The lowest BCUT2D eigenvalue weighted by molar-refractivity contribution is -0.161. The summed E-state index contributed by atoms with van der Waals surface area (Å²) in [4.78, 5) is 46.4. The lowest BCUT2D eigenvalue weighted by atomic mass is 10.0. The van der Waals surface area contributed by atoms with E-state index in [2.05, 4.69) is 13.8 Å². The number of carbonyl (C=O) groups is 3. The van der Waals surface area contributed by atoms with Crippen LogP contribution in [0.2, 0.25) is 0 Å². The van der Waals surface area contributed by atoms with Crippen LogP contribution in [0.25, 0.3) is 0 Å². The topological polar surface area (TPSA) is 172 Å². The van der Waals surface area contributed by atoms with Gasteiger partial charge in [0.1, 0.15) is 12.6 Å². The summed E-state index contributed by atoms with van der Waals surface area (Å²) >= 11 is 0. The molecule has 0 aromatic carbocycles. The standard InChI is InChI=1S/C58H114NO10P/c1-3-5-7-9-11-13-15-17-19-21-23-25-27-29-31-33-35-37-39-41-43-45-47-49-56(60)66-51-54(52-67-70(64,65)68-53-55(59)58(62)63)69-57(61)50-48-46-44-42-40-38-36-34-32-30-28-26-24-22-20-18-16-14-12-10-8-6-4-2/h54-55H,3-53,59H2,1-2H3,(H,62,63)(H,64,65). The molecule has 416 valence electrons. The molecule has 0 aromatic rings. The third-order valence-electron chi connectivity index (χ3n) is 13.9. The summed E-state index contributed by atoms with van der Waals surface area (Å²) in [6, 6.07) is -1.52. The quantitative estimate of drug-likeness (QED) is 0.0301. The molecular weight excluding hydrogens is 902 g/mol. The van der Waals surface area contributed by atoms with Crippen molar-refractivity contribution in [1.82, 2.24) is 0 Å². The van der Waals surface area contributed by atoms with E-state index in [0.717, 1.165) is 38.5 Å². The molecule has 0 heterocycles. The monoisotopic (exact) mass is 1020 g/mol. The molecule has 4 N–H and O–H groups in total. The Morgan fingerprint density at radius 3 is 0.900 bits per heavy atom. The van der Waals surface area contributed by atoms with Crippen molar-refractivity contribution >= 4 is 25.7 Å². The maximum atomic E-state index is 12.8. The van der Waals surface area contributed by atoms with Crippen LogP contribution in [-0.4, -0.2) is 59.9 Å². The molecule has 12 heteroatoms. The van der Waals surface area contributed by atoms with Gasteiger partial charge in [0, 0.05) is 12.8 Å². The van der Waals surface area contributed by atoms with E-state index in [0.29, 0.717) is 12.8 Å². The van der Waals surface area contributed by atoms with Gasteiger partial charge in [-0.15, -0.1) is 0 Å². The number of esters is 2. The smallest absolute Gasteiger partial charge is 0.472 e. The summed E-state index contributed by atoms with van der Waals surface area (Å²) in [6.45, 7) is 2.90. The number of carbonyl (C=O) groups excluding carboxylic acids is 2. The second-order valence-electron chi connectivity index (χ2n) is 20.9. The first kappa shape index (κ1) is 68.5. The number of carboxylic acid groups (broad SMARTS) is 1. The number of carboxylic acids is 1. The first-order valence-corrected chi connectivity index (χ1v) is 31.6. The summed E-state index contributed by atoms with van der Waals surface area (Å²) in [7, 11) is -4.72. The van der Waals surface area contributed by atoms with Gasteiger partial charge in [0.25, 0.3) is 0 Å². The van der Waals surface area contributed by atoms with Gasteiger partial charge in [-0.25, -0.2) is 4.57 Å². The van der Waals surface area contributed by atoms with Crippen LogP contribution in [0, 0.1) is 0 Å². The molecule has 0 radical (unpaired) electrons. The van der Waals surface area contributed by atoms with Crippen LogP contribution in [0.1, 0.15) is 322 Å². The van der Waals surface area contributed by atoms with Gasteiger partial charge < -0.3 is 25.2 Å². The minimum atomic E-state index is -4.72. The van der Waals surface area contributed by atoms with E-state index in [1.165, 1.54) is 244 Å². The Balaban J connectivity index is 4.08. The van der Waals surface area contributed by atoms with E-state index in [-0.39, 0.29) is 19.4 Å². The second-order valence-corrected chi connectivity index (χ2v) is 22.3. The fourth-order valence-electron chi connectivity index (χ4n) is 9.19. The molecule has 0 saturated heterocycles. The van der Waals surface area contributed by atoms with Crippen LogP contribution >= 0.6 is 7.82 Å². The summed E-state index contributed by atoms with van der Waals surface area (Å²) in [5, 5.41) is 8.95. The maximum absolute atomic E-state index is 12.8. The minimum absolute atomic E-state index is 0.171. The molecule has 0 spiro atoms. The summed E-state index contributed by atoms with van der Waals surface area (Å²) < 4.78 is 33.0. The molecule has 3 atom stereocenters. The van der Waals surface area contributed by atoms with Gasteiger partial charge in [0.05, 0.1) is 13.2 Å². The van der Waals surface area contributed by atoms with Crippen LogP contribution in [0.3, 0.4) is 0 Å². The number of phosphoric ester groups is 1. The molecule has 0 saturated carbocycles. The number of ether oxygens (including phenoxy) is 2. The highest BCUT2D eigenvalue weighted by Crippen LogP contribution is 2.43. The number of unbranched alkanes of at least 4 members (excludes halogenated alkanes) is 44. The normalized spacial score (nSPS) is 13.3. The lowest BCUT2D eigenvalue weighted by Crippen LogP contribution is -2.34. The Morgan fingerprint density at radius 2 is 0.629 bits per heavy atom. The molecule has 0 aliphatic heterocycles. The van der Waals surface area contributed by atoms with Crippen LogP contribution in [0.5, 0.6) is 0 Å². The molecule has 0 bridgehead atoms. The summed E-state index contributed by atoms with van der Waals surface area (Å²) in [5.41, 5.74) is 5.37. The van der Waals surface area contributed by atoms with Crippen molar-refractivity contribution in [3.05, 3.63) is 0 Å². The number of rotatable bonds is 58. The zero-order chi connectivity index (χ0) is 51.3. The summed E-state index contributed by atoms with van der Waals surface area (Å²) in [5.74, 6) is -2.34. The van der Waals surface area contributed by atoms with Gasteiger partial charge in [-0.2, -0.15) is 0 Å². The minimum Gasteiger partial charge on any atom is -0.480 e. The van der Waals surface area contributed by atoms with Crippen molar-refractivity contribution in [3.8, 4) is 0 Å². The van der Waals surface area contributed by atoms with Gasteiger partial charge in [-0.05, 0) is 12.8 Å². The molecule has 0 aliphatic rings. The van der Waals surface area contributed by atoms with Gasteiger partial charge in [0.15, 0.2) is 6.10 Å². The Kier molecular flexibility index (Phi) is 52.6. The molecule has 0 aromatic heterocycles. The molecule has 0 aliphatic carbocycles. The zero-order valence-corrected chi connectivity index (χ0v) is 46.8. The van der Waals surface area contributed by atoms with Crippen LogP contribution in [0.4, 0.5) is 0 Å². The molecule has 0 amide bonds. The summed E-state index contributed by atoms with van der Waals surface area (Å²) in [6.07, 6.45) is 59.0. The van der Waals surface area contributed by atoms with Crippen molar-refractivity contribution in [3.63, 3.8) is 0 Å². The fourth-order valence-corrected chi connectivity index (χ4v) is 9.97. The molecule has 0 fully saturated rings. The molecule has 0 rings (SSSR count). The van der Waals surface area contributed by atoms with Gasteiger partial charge in [0.2, 0.25) is 0 Å². The predicted octanol–water partition coefficient (Wildman–Crippen LogP) is 17.8. The fraction of sp³-hybridized carbons (Fsp3) is 0.948. The van der Waals surface area contributed by atoms with Gasteiger partial charge >= 0.3 is 25.7 Å². The largest absolute Gasteiger partial charge is 0.480 e. The Morgan fingerprint density at radius 1 is 0.386 bits per heavy atom. The van der Waals surface area contributed by atoms with Crippen molar-refractivity contribution in [2.75, 3.05) is 19.8 Å². The Labute approximate surface area is 431 Å². The van der Waals surface area contributed by atoms with Gasteiger partial charge in [-0.3, -0.25) is 23.4 Å². The maximum Gasteiger partial charge on any atom is 0.472 e. The number of hydrogen-bond acceptors (Lipinski definition) is 9. The first-order chi connectivity index (χ1) is 34.1.